The molecule has 12 heteroatoms. The van der Waals surface area contributed by atoms with Crippen LogP contribution in [0.25, 0.3) is 0 Å². The van der Waals surface area contributed by atoms with Gasteiger partial charge < -0.3 is 0 Å². The first-order valence-corrected chi connectivity index (χ1v) is 4.19. The molecule has 0 amide bonds. The molecule has 0 saturated heterocycles. The second-order valence-corrected chi connectivity index (χ2v) is 2.69. The van der Waals surface area contributed by atoms with Crippen molar-refractivity contribution in [3.8, 4) is 0 Å². The van der Waals surface area contributed by atoms with E-state index in [9.17, 15) is 0 Å². The Bertz CT molecular complexity index is 213. The summed E-state index contributed by atoms with van der Waals surface area (Å²) >= 11 is 0. The summed E-state index contributed by atoms with van der Waals surface area (Å²) in [6, 6.07) is 0. The molecule has 8 nitrogen and oxygen atoms in total. The Morgan fingerprint density at radius 2 is 0.667 bits per heavy atom. The maximum atomic E-state index is 8.74. The van der Waals surface area contributed by atoms with E-state index in [0.717, 1.165) is 0 Å². The van der Waals surface area contributed by atoms with Gasteiger partial charge in [-0.3, -0.25) is 18.2 Å². The summed E-state index contributed by atoms with van der Waals surface area (Å²) in [5, 5.41) is 0. The summed E-state index contributed by atoms with van der Waals surface area (Å²) in [5.74, 6) is 0. The van der Waals surface area contributed by atoms with Gasteiger partial charge in [-0.25, -0.2) is 0 Å². The Kier molecular flexibility index (Phi) is 16.7. The average molecular weight is 372 g/mol. The second-order valence-electron chi connectivity index (χ2n) is 0.896. The van der Waals surface area contributed by atoms with E-state index in [0.29, 0.717) is 0 Å². The SMILES string of the molecule is O=S(=O)(O)O.O=S(=O)(O)O.[Mn].[SnH2]. The van der Waals surface area contributed by atoms with Gasteiger partial charge in [0.25, 0.3) is 0 Å². The summed E-state index contributed by atoms with van der Waals surface area (Å²) in [5.41, 5.74) is 0. The van der Waals surface area contributed by atoms with Crippen molar-refractivity contribution < 1.29 is 52.1 Å². The van der Waals surface area contributed by atoms with Crippen molar-refractivity contribution in [3.63, 3.8) is 0 Å². The Hall–Kier alpha value is 1.06. The fourth-order valence-electron chi connectivity index (χ4n) is 0. The van der Waals surface area contributed by atoms with E-state index in [1.54, 1.807) is 0 Å². The molecule has 0 aromatic carbocycles. The van der Waals surface area contributed by atoms with Crippen LogP contribution in [0.1, 0.15) is 0 Å². The molecule has 0 aromatic heterocycles. The quantitative estimate of drug-likeness (QED) is 0.276. The fraction of sp³-hybridized carbons (Fsp3) is 0. The molecule has 0 heterocycles. The molecule has 0 aliphatic rings. The van der Waals surface area contributed by atoms with Crippen LogP contribution in [0, 0.1) is 0 Å². The van der Waals surface area contributed by atoms with Crippen LogP contribution in [0.15, 0.2) is 0 Å². The van der Waals surface area contributed by atoms with Gasteiger partial charge in [-0.15, -0.1) is 0 Å². The number of rotatable bonds is 0. The molecule has 4 N–H and O–H groups in total. The predicted octanol–water partition coefficient (Wildman–Crippen LogP) is -2.22. The molecular formula is H6MnO8S2Sn. The molecule has 3 radical (unpaired) electrons. The molecule has 0 saturated carbocycles. The third kappa shape index (κ3) is 999. The van der Waals surface area contributed by atoms with Crippen molar-refractivity contribution in [2.24, 2.45) is 0 Å². The average Bonchev–Trinajstić information content (AvgIpc) is 1.12. The molecule has 0 fully saturated rings. The van der Waals surface area contributed by atoms with Crippen LogP contribution < -0.4 is 0 Å². The van der Waals surface area contributed by atoms with Crippen LogP contribution in [0.5, 0.6) is 0 Å². The summed E-state index contributed by atoms with van der Waals surface area (Å²) in [4.78, 5) is 0. The molecule has 0 spiro atoms. The van der Waals surface area contributed by atoms with Gasteiger partial charge in [-0.1, -0.05) is 0 Å². The third-order valence-electron chi connectivity index (χ3n) is 0. The first-order valence-electron chi connectivity index (χ1n) is 1.40. The Morgan fingerprint density at radius 3 is 0.667 bits per heavy atom. The topological polar surface area (TPSA) is 149 Å². The van der Waals surface area contributed by atoms with Crippen molar-refractivity contribution in [3.05, 3.63) is 0 Å². The van der Waals surface area contributed by atoms with Crippen LogP contribution in [0.3, 0.4) is 0 Å². The van der Waals surface area contributed by atoms with Crippen LogP contribution in [0.2, 0.25) is 0 Å². The van der Waals surface area contributed by atoms with Crippen molar-refractivity contribution in [1.29, 1.82) is 0 Å². The van der Waals surface area contributed by atoms with Crippen molar-refractivity contribution >= 4 is 44.7 Å². The van der Waals surface area contributed by atoms with Crippen molar-refractivity contribution in [2.75, 3.05) is 0 Å². The van der Waals surface area contributed by atoms with E-state index in [2.05, 4.69) is 0 Å². The Balaban J connectivity index is -0.0000000457. The van der Waals surface area contributed by atoms with E-state index in [1.807, 2.05) is 0 Å². The zero-order valence-electron chi connectivity index (χ0n) is 5.32. The molecule has 0 aliphatic carbocycles. The standard InChI is InChI=1S/Mn.2H2O4S.Sn.2H/c;2*1-5(2,3)4;;;/h;2*(H2,1,2,3,4);;;. The monoisotopic (exact) mass is 373 g/mol. The molecular weight excluding hydrogens is 366 g/mol. The van der Waals surface area contributed by atoms with Gasteiger partial charge in [-0.05, 0) is 0 Å². The van der Waals surface area contributed by atoms with E-state index >= 15 is 0 Å². The van der Waals surface area contributed by atoms with Gasteiger partial charge in [0.2, 0.25) is 0 Å². The minimum absolute atomic E-state index is 0. The number of hydrogen-bond donors (Lipinski definition) is 4. The molecule has 0 unspecified atom stereocenters. The van der Waals surface area contributed by atoms with Gasteiger partial charge >= 0.3 is 44.7 Å². The van der Waals surface area contributed by atoms with E-state index < -0.39 is 20.8 Å². The molecule has 77 valence electrons. The van der Waals surface area contributed by atoms with E-state index in [4.69, 9.17) is 35.0 Å². The van der Waals surface area contributed by atoms with Crippen molar-refractivity contribution in [2.45, 2.75) is 0 Å². The first-order chi connectivity index (χ1) is 4.00. The predicted molar refractivity (Wildman–Crippen MR) is 36.9 cm³/mol. The zero-order chi connectivity index (χ0) is 9.00. The second kappa shape index (κ2) is 8.65. The van der Waals surface area contributed by atoms with E-state index in [-0.39, 0.29) is 41.0 Å². The summed E-state index contributed by atoms with van der Waals surface area (Å²) in [6.45, 7) is 0. The Morgan fingerprint density at radius 1 is 0.667 bits per heavy atom. The normalized spacial score (nSPS) is 9.67. The van der Waals surface area contributed by atoms with Crippen molar-refractivity contribution in [1.82, 2.24) is 0 Å². The van der Waals surface area contributed by atoms with E-state index in [1.165, 1.54) is 0 Å². The molecule has 0 aliphatic heterocycles. The van der Waals surface area contributed by atoms with Crippen LogP contribution in [-0.2, 0) is 37.9 Å². The van der Waals surface area contributed by atoms with Gasteiger partial charge in [0, 0.05) is 17.1 Å². The molecule has 0 atom stereocenters. The van der Waals surface area contributed by atoms with Crippen LogP contribution >= 0.6 is 0 Å². The zero-order valence-corrected chi connectivity index (χ0v) is 12.2. The third-order valence-corrected chi connectivity index (χ3v) is 0. The van der Waals surface area contributed by atoms with Gasteiger partial charge in [0.15, 0.2) is 0 Å². The van der Waals surface area contributed by atoms with Crippen LogP contribution in [0.4, 0.5) is 0 Å². The molecule has 0 rings (SSSR count). The fourth-order valence-corrected chi connectivity index (χ4v) is 0. The summed E-state index contributed by atoms with van der Waals surface area (Å²) in [7, 11) is -9.33. The molecule has 0 bridgehead atoms. The maximum absolute atomic E-state index is 8.74. The molecule has 0 aromatic rings. The van der Waals surface area contributed by atoms with Gasteiger partial charge in [0.1, 0.15) is 0 Å². The minimum atomic E-state index is -4.67. The first kappa shape index (κ1) is 23.1. The number of hydrogen-bond acceptors (Lipinski definition) is 4. The molecule has 12 heavy (non-hydrogen) atoms. The van der Waals surface area contributed by atoms with Gasteiger partial charge in [0.05, 0.1) is 0 Å². The Labute approximate surface area is 96.3 Å². The van der Waals surface area contributed by atoms with Gasteiger partial charge in [-0.2, -0.15) is 16.8 Å². The summed E-state index contributed by atoms with van der Waals surface area (Å²) in [6.07, 6.45) is 0. The van der Waals surface area contributed by atoms with Crippen LogP contribution in [-0.4, -0.2) is 59.0 Å². The summed E-state index contributed by atoms with van der Waals surface area (Å²) < 4.78 is 63.2.